The highest BCUT2D eigenvalue weighted by Gasteiger charge is 2.22. The van der Waals surface area contributed by atoms with Crippen LogP contribution in [-0.2, 0) is 6.42 Å². The van der Waals surface area contributed by atoms with E-state index >= 15 is 0 Å². The maximum atomic E-state index is 6.42. The van der Waals surface area contributed by atoms with Gasteiger partial charge in [0.1, 0.15) is 0 Å². The summed E-state index contributed by atoms with van der Waals surface area (Å²) in [6.45, 7) is 0. The Morgan fingerprint density at radius 2 is 2.16 bits per heavy atom. The Bertz CT molecular complexity index is 547. The van der Waals surface area contributed by atoms with E-state index in [0.29, 0.717) is 5.25 Å². The van der Waals surface area contributed by atoms with Crippen LogP contribution in [0.15, 0.2) is 36.5 Å². The molecule has 2 heterocycles. The largest absolute Gasteiger partial charge is 0.326 e. The first-order chi connectivity index (χ1) is 9.34. The Kier molecular flexibility index (Phi) is 4.31. The lowest BCUT2D eigenvalue weighted by Gasteiger charge is -2.27. The Morgan fingerprint density at radius 3 is 3.00 bits per heavy atom. The summed E-state index contributed by atoms with van der Waals surface area (Å²) in [5.41, 5.74) is 8.81. The average molecular weight is 290 g/mol. The highest BCUT2D eigenvalue weighted by atomic mass is 32.2. The van der Waals surface area contributed by atoms with Crippen molar-refractivity contribution >= 4 is 34.4 Å². The van der Waals surface area contributed by atoms with E-state index in [9.17, 15) is 0 Å². The monoisotopic (exact) mass is 290 g/mol. The van der Waals surface area contributed by atoms with Gasteiger partial charge in [0.25, 0.3) is 0 Å². The minimum absolute atomic E-state index is 0.239. The molecule has 0 spiro atoms. The molecule has 100 valence electrons. The molecule has 3 rings (SSSR count). The van der Waals surface area contributed by atoms with Gasteiger partial charge in [-0.15, -0.1) is 0 Å². The summed E-state index contributed by atoms with van der Waals surface area (Å²) in [6.07, 6.45) is 2.84. The fourth-order valence-electron chi connectivity index (χ4n) is 2.47. The van der Waals surface area contributed by atoms with Crippen molar-refractivity contribution in [3.8, 4) is 0 Å². The zero-order valence-corrected chi connectivity index (χ0v) is 12.4. The molecule has 1 aliphatic heterocycles. The third-order valence-electron chi connectivity index (χ3n) is 3.51. The molecule has 1 aliphatic rings. The van der Waals surface area contributed by atoms with Gasteiger partial charge in [0.2, 0.25) is 0 Å². The van der Waals surface area contributed by atoms with Gasteiger partial charge in [-0.3, -0.25) is 4.98 Å². The number of fused-ring (bicyclic) bond motifs is 1. The van der Waals surface area contributed by atoms with Crippen molar-refractivity contribution in [3.05, 3.63) is 42.1 Å². The second-order valence-corrected chi connectivity index (χ2v) is 7.34. The van der Waals surface area contributed by atoms with E-state index in [4.69, 9.17) is 5.73 Å². The fourth-order valence-corrected chi connectivity index (χ4v) is 5.29. The Labute approximate surface area is 122 Å². The first kappa shape index (κ1) is 13.3. The van der Waals surface area contributed by atoms with Gasteiger partial charge in [-0.2, -0.15) is 23.5 Å². The second kappa shape index (κ2) is 6.16. The third kappa shape index (κ3) is 3.07. The zero-order valence-electron chi connectivity index (χ0n) is 10.8. The minimum Gasteiger partial charge on any atom is -0.326 e. The number of nitrogens with two attached hydrogens (primary N) is 1. The van der Waals surface area contributed by atoms with Crippen molar-refractivity contribution < 1.29 is 0 Å². The number of rotatable bonds is 3. The molecule has 19 heavy (non-hydrogen) atoms. The molecule has 2 nitrogen and oxygen atoms in total. The zero-order chi connectivity index (χ0) is 13.1. The van der Waals surface area contributed by atoms with Gasteiger partial charge in [0.05, 0.1) is 5.52 Å². The Morgan fingerprint density at radius 1 is 1.26 bits per heavy atom. The van der Waals surface area contributed by atoms with Gasteiger partial charge in [-0.25, -0.2) is 0 Å². The molecule has 2 aromatic rings. The van der Waals surface area contributed by atoms with Gasteiger partial charge in [-0.05, 0) is 24.1 Å². The van der Waals surface area contributed by atoms with E-state index in [1.54, 1.807) is 0 Å². The molecule has 0 bridgehead atoms. The van der Waals surface area contributed by atoms with E-state index in [1.165, 1.54) is 28.2 Å². The number of aromatic nitrogens is 1. The lowest BCUT2D eigenvalue weighted by molar-refractivity contribution is 0.666. The summed E-state index contributed by atoms with van der Waals surface area (Å²) in [5, 5.41) is 1.83. The van der Waals surface area contributed by atoms with Crippen LogP contribution in [0.3, 0.4) is 0 Å². The standard InChI is InChI=1S/C15H18N2S2/c16-13(15-10-18-7-8-19-15)9-11-5-6-17-14-4-2-1-3-12(11)14/h1-6,13,15H,7-10,16H2. The lowest BCUT2D eigenvalue weighted by Crippen LogP contribution is -2.38. The minimum atomic E-state index is 0.239. The molecule has 1 saturated heterocycles. The number of benzene rings is 1. The van der Waals surface area contributed by atoms with Crippen molar-refractivity contribution in [1.82, 2.24) is 4.98 Å². The second-order valence-electron chi connectivity index (χ2n) is 4.84. The molecule has 0 radical (unpaired) electrons. The average Bonchev–Trinajstić information content (AvgIpc) is 2.48. The molecular formula is C15H18N2S2. The summed E-state index contributed by atoms with van der Waals surface area (Å²) in [7, 11) is 0. The highest BCUT2D eigenvalue weighted by Crippen LogP contribution is 2.28. The van der Waals surface area contributed by atoms with Crippen LogP contribution in [-0.4, -0.2) is 33.5 Å². The van der Waals surface area contributed by atoms with E-state index in [2.05, 4.69) is 29.2 Å². The van der Waals surface area contributed by atoms with Crippen LogP contribution in [0.5, 0.6) is 0 Å². The van der Waals surface area contributed by atoms with Crippen molar-refractivity contribution in [1.29, 1.82) is 0 Å². The van der Waals surface area contributed by atoms with Crippen LogP contribution in [0.4, 0.5) is 0 Å². The van der Waals surface area contributed by atoms with Gasteiger partial charge >= 0.3 is 0 Å². The molecule has 2 atom stereocenters. The van der Waals surface area contributed by atoms with Crippen molar-refractivity contribution in [2.24, 2.45) is 5.73 Å². The molecule has 0 saturated carbocycles. The SMILES string of the molecule is NC(Cc1ccnc2ccccc12)C1CSCCS1. The van der Waals surface area contributed by atoms with Crippen molar-refractivity contribution in [3.63, 3.8) is 0 Å². The van der Waals surface area contributed by atoms with E-state index in [0.717, 1.165) is 11.9 Å². The first-order valence-electron chi connectivity index (χ1n) is 6.62. The molecule has 4 heteroatoms. The summed E-state index contributed by atoms with van der Waals surface area (Å²) in [4.78, 5) is 4.41. The van der Waals surface area contributed by atoms with Gasteiger partial charge in [0, 0.05) is 40.1 Å². The van der Waals surface area contributed by atoms with Crippen LogP contribution in [0.1, 0.15) is 5.56 Å². The molecule has 1 aromatic carbocycles. The predicted octanol–water partition coefficient (Wildman–Crippen LogP) is 2.95. The first-order valence-corrected chi connectivity index (χ1v) is 8.82. The van der Waals surface area contributed by atoms with Crippen molar-refractivity contribution in [2.45, 2.75) is 17.7 Å². The molecular weight excluding hydrogens is 272 g/mol. The van der Waals surface area contributed by atoms with Crippen LogP contribution < -0.4 is 5.73 Å². The third-order valence-corrected chi connectivity index (χ3v) is 6.46. The molecule has 1 fully saturated rings. The summed E-state index contributed by atoms with van der Waals surface area (Å²) >= 11 is 4.07. The normalized spacial score (nSPS) is 21.4. The van der Waals surface area contributed by atoms with E-state index in [-0.39, 0.29) is 6.04 Å². The van der Waals surface area contributed by atoms with Gasteiger partial charge < -0.3 is 5.73 Å². The number of hydrogen-bond acceptors (Lipinski definition) is 4. The smallest absolute Gasteiger partial charge is 0.0704 e. The van der Waals surface area contributed by atoms with Crippen LogP contribution in [0.2, 0.25) is 0 Å². The highest BCUT2D eigenvalue weighted by molar-refractivity contribution is 8.06. The number of thioether (sulfide) groups is 2. The number of hydrogen-bond donors (Lipinski definition) is 1. The Balaban J connectivity index is 1.80. The van der Waals surface area contributed by atoms with Gasteiger partial charge in [0.15, 0.2) is 0 Å². The molecule has 0 amide bonds. The van der Waals surface area contributed by atoms with Gasteiger partial charge in [-0.1, -0.05) is 18.2 Å². The van der Waals surface area contributed by atoms with Crippen LogP contribution in [0, 0.1) is 0 Å². The summed E-state index contributed by atoms with van der Waals surface area (Å²) < 4.78 is 0. The van der Waals surface area contributed by atoms with Crippen LogP contribution >= 0.6 is 23.5 Å². The Hall–Kier alpha value is -0.710. The lowest BCUT2D eigenvalue weighted by atomic mass is 10.0. The molecule has 0 aliphatic carbocycles. The molecule has 1 aromatic heterocycles. The molecule has 2 unspecified atom stereocenters. The summed E-state index contributed by atoms with van der Waals surface area (Å²) in [6, 6.07) is 10.7. The number of pyridine rings is 1. The van der Waals surface area contributed by atoms with E-state index < -0.39 is 0 Å². The maximum Gasteiger partial charge on any atom is 0.0704 e. The predicted molar refractivity (Wildman–Crippen MR) is 87.0 cm³/mol. The molecule has 2 N–H and O–H groups in total. The van der Waals surface area contributed by atoms with E-state index in [1.807, 2.05) is 35.8 Å². The topological polar surface area (TPSA) is 38.9 Å². The summed E-state index contributed by atoms with van der Waals surface area (Å²) in [5.74, 6) is 3.70. The van der Waals surface area contributed by atoms with Crippen molar-refractivity contribution in [2.75, 3.05) is 17.3 Å². The van der Waals surface area contributed by atoms with Crippen LogP contribution in [0.25, 0.3) is 10.9 Å². The fraction of sp³-hybridized carbons (Fsp3) is 0.400. The maximum absolute atomic E-state index is 6.42. The number of para-hydroxylation sites is 1. The quantitative estimate of drug-likeness (QED) is 0.943. The number of nitrogens with zero attached hydrogens (tertiary/aromatic N) is 1.